The lowest BCUT2D eigenvalue weighted by molar-refractivity contribution is 0.0943. The summed E-state index contributed by atoms with van der Waals surface area (Å²) in [5.41, 5.74) is 0.332. The van der Waals surface area contributed by atoms with Crippen LogP contribution in [0.2, 0.25) is 0 Å². The van der Waals surface area contributed by atoms with Crippen molar-refractivity contribution in [3.63, 3.8) is 0 Å². The summed E-state index contributed by atoms with van der Waals surface area (Å²) < 4.78 is 45.4. The number of carbonyl (C=O) groups excluding carboxylic acids is 1. The van der Waals surface area contributed by atoms with Crippen molar-refractivity contribution < 1.29 is 22.0 Å². The fraction of sp³-hybridized carbons (Fsp3) is 0.333. The molecule has 130 valence electrons. The normalized spacial score (nSPS) is 11.5. The van der Waals surface area contributed by atoms with Crippen molar-refractivity contribution >= 4 is 15.9 Å². The zero-order valence-corrected chi connectivity index (χ0v) is 14.3. The first kappa shape index (κ1) is 18.1. The Morgan fingerprint density at radius 3 is 2.62 bits per heavy atom. The lowest BCUT2D eigenvalue weighted by atomic mass is 10.2. The van der Waals surface area contributed by atoms with Gasteiger partial charge in [0.05, 0.1) is 22.7 Å². The molecule has 0 unspecified atom stereocenters. The van der Waals surface area contributed by atoms with E-state index in [4.69, 9.17) is 4.42 Å². The first-order chi connectivity index (χ1) is 11.2. The molecule has 9 heteroatoms. The number of halogens is 1. The number of oxazole rings is 1. The number of sulfonamides is 1. The van der Waals surface area contributed by atoms with Gasteiger partial charge in [0.2, 0.25) is 15.9 Å². The minimum atomic E-state index is -3.78. The Hall–Kier alpha value is -2.26. The fourth-order valence-electron chi connectivity index (χ4n) is 1.98. The number of hydrogen-bond acceptors (Lipinski definition) is 5. The second-order valence-corrected chi connectivity index (χ2v) is 6.84. The molecule has 1 aromatic heterocycles. The van der Waals surface area contributed by atoms with Gasteiger partial charge in [-0.1, -0.05) is 6.92 Å². The van der Waals surface area contributed by atoms with E-state index in [9.17, 15) is 17.6 Å². The first-order valence-corrected chi connectivity index (χ1v) is 8.73. The fourth-order valence-corrected chi connectivity index (χ4v) is 3.05. The number of nitrogens with zero attached hydrogens (tertiary/aromatic N) is 1. The Labute approximate surface area is 139 Å². The highest BCUT2D eigenvalue weighted by Gasteiger charge is 2.19. The zero-order chi connectivity index (χ0) is 17.9. The van der Waals surface area contributed by atoms with Gasteiger partial charge in [-0.25, -0.2) is 22.5 Å². The summed E-state index contributed by atoms with van der Waals surface area (Å²) in [5, 5.41) is 2.46. The average molecular weight is 355 g/mol. The molecule has 0 saturated heterocycles. The third-order valence-electron chi connectivity index (χ3n) is 3.30. The molecule has 7 nitrogen and oxygen atoms in total. The van der Waals surface area contributed by atoms with Crippen LogP contribution in [0.4, 0.5) is 4.39 Å². The third-order valence-corrected chi connectivity index (χ3v) is 4.84. The van der Waals surface area contributed by atoms with Crippen molar-refractivity contribution in [2.24, 2.45) is 0 Å². The number of aryl methyl sites for hydroxylation is 2. The minimum Gasteiger partial charge on any atom is -0.444 e. The lowest BCUT2D eigenvalue weighted by Crippen LogP contribution is -2.26. The van der Waals surface area contributed by atoms with Crippen molar-refractivity contribution in [1.82, 2.24) is 15.0 Å². The summed E-state index contributed by atoms with van der Waals surface area (Å²) in [6.45, 7) is 5.28. The molecular weight excluding hydrogens is 337 g/mol. The first-order valence-electron chi connectivity index (χ1n) is 7.25. The Bertz CT molecular complexity index is 842. The summed E-state index contributed by atoms with van der Waals surface area (Å²) in [5.74, 6) is -0.656. The Kier molecular flexibility index (Phi) is 5.35. The molecule has 0 radical (unpaired) electrons. The quantitative estimate of drug-likeness (QED) is 0.821. The van der Waals surface area contributed by atoms with Gasteiger partial charge in [-0.15, -0.1) is 0 Å². The van der Waals surface area contributed by atoms with Crippen LogP contribution in [-0.4, -0.2) is 25.9 Å². The van der Waals surface area contributed by atoms with Gasteiger partial charge in [0.1, 0.15) is 11.6 Å². The van der Waals surface area contributed by atoms with Gasteiger partial charge in [-0.2, -0.15) is 0 Å². The SMILES string of the molecule is CCNS(=O)(=O)c1ccc(F)c(C(=O)NCc2nc(C)c(C)o2)c1. The maximum Gasteiger partial charge on any atom is 0.254 e. The molecule has 0 saturated carbocycles. The molecule has 1 heterocycles. The Morgan fingerprint density at radius 1 is 1.33 bits per heavy atom. The van der Waals surface area contributed by atoms with Crippen LogP contribution in [-0.2, 0) is 16.6 Å². The topological polar surface area (TPSA) is 101 Å². The number of hydrogen-bond donors (Lipinski definition) is 2. The summed E-state index contributed by atoms with van der Waals surface area (Å²) in [6, 6.07) is 3.04. The van der Waals surface area contributed by atoms with E-state index in [-0.39, 0.29) is 29.4 Å². The number of rotatable bonds is 6. The van der Waals surface area contributed by atoms with Crippen molar-refractivity contribution in [3.05, 3.63) is 46.9 Å². The van der Waals surface area contributed by atoms with Crippen LogP contribution in [0.15, 0.2) is 27.5 Å². The van der Waals surface area contributed by atoms with E-state index in [2.05, 4.69) is 15.0 Å². The van der Waals surface area contributed by atoms with E-state index < -0.39 is 21.7 Å². The van der Waals surface area contributed by atoms with Gasteiger partial charge in [0.15, 0.2) is 0 Å². The molecule has 2 aromatic rings. The Balaban J connectivity index is 2.19. The van der Waals surface area contributed by atoms with Crippen molar-refractivity contribution in [2.45, 2.75) is 32.2 Å². The molecular formula is C15H18FN3O4S. The van der Waals surface area contributed by atoms with E-state index >= 15 is 0 Å². The van der Waals surface area contributed by atoms with Crippen LogP contribution >= 0.6 is 0 Å². The molecule has 0 fully saturated rings. The van der Waals surface area contributed by atoms with Gasteiger partial charge < -0.3 is 9.73 Å². The molecule has 24 heavy (non-hydrogen) atoms. The predicted molar refractivity (Wildman–Crippen MR) is 84.4 cm³/mol. The van der Waals surface area contributed by atoms with E-state index in [1.165, 1.54) is 0 Å². The molecule has 0 aliphatic carbocycles. The summed E-state index contributed by atoms with van der Waals surface area (Å²) in [4.78, 5) is 16.0. The summed E-state index contributed by atoms with van der Waals surface area (Å²) in [6.07, 6.45) is 0. The highest BCUT2D eigenvalue weighted by Crippen LogP contribution is 2.15. The van der Waals surface area contributed by atoms with E-state index in [1.54, 1.807) is 20.8 Å². The van der Waals surface area contributed by atoms with Gasteiger partial charge in [0.25, 0.3) is 5.91 Å². The van der Waals surface area contributed by atoms with Gasteiger partial charge >= 0.3 is 0 Å². The van der Waals surface area contributed by atoms with Crippen LogP contribution in [0.1, 0.15) is 34.6 Å². The molecule has 0 aliphatic rings. The highest BCUT2D eigenvalue weighted by molar-refractivity contribution is 7.89. The van der Waals surface area contributed by atoms with E-state index in [0.717, 1.165) is 18.2 Å². The summed E-state index contributed by atoms with van der Waals surface area (Å²) >= 11 is 0. The zero-order valence-electron chi connectivity index (χ0n) is 13.5. The number of benzene rings is 1. The molecule has 0 atom stereocenters. The van der Waals surface area contributed by atoms with Crippen molar-refractivity contribution in [3.8, 4) is 0 Å². The van der Waals surface area contributed by atoms with Crippen LogP contribution in [0.3, 0.4) is 0 Å². The van der Waals surface area contributed by atoms with Crippen LogP contribution in [0.5, 0.6) is 0 Å². The maximum atomic E-state index is 13.9. The highest BCUT2D eigenvalue weighted by atomic mass is 32.2. The number of carbonyl (C=O) groups is 1. The molecule has 0 spiro atoms. The van der Waals surface area contributed by atoms with Gasteiger partial charge in [0, 0.05) is 6.54 Å². The molecule has 1 aromatic carbocycles. The Morgan fingerprint density at radius 2 is 2.04 bits per heavy atom. The standard InChI is InChI=1S/C15H18FN3O4S/c1-4-18-24(21,22)11-5-6-13(16)12(7-11)15(20)17-8-14-19-9(2)10(3)23-14/h5-7,18H,4,8H2,1-3H3,(H,17,20). The van der Waals surface area contributed by atoms with Crippen molar-refractivity contribution in [1.29, 1.82) is 0 Å². The van der Waals surface area contributed by atoms with Gasteiger partial charge in [-0.05, 0) is 32.0 Å². The third kappa shape index (κ3) is 3.98. The van der Waals surface area contributed by atoms with Crippen LogP contribution in [0.25, 0.3) is 0 Å². The molecule has 2 N–H and O–H groups in total. The second kappa shape index (κ2) is 7.10. The van der Waals surface area contributed by atoms with Crippen LogP contribution < -0.4 is 10.0 Å². The van der Waals surface area contributed by atoms with Crippen molar-refractivity contribution in [2.75, 3.05) is 6.54 Å². The molecule has 0 bridgehead atoms. The number of aromatic nitrogens is 1. The second-order valence-electron chi connectivity index (χ2n) is 5.07. The number of amides is 1. The lowest BCUT2D eigenvalue weighted by Gasteiger charge is -2.08. The molecule has 0 aliphatic heterocycles. The molecule has 1 amide bonds. The maximum absolute atomic E-state index is 13.9. The predicted octanol–water partition coefficient (Wildman–Crippen LogP) is 1.66. The summed E-state index contributed by atoms with van der Waals surface area (Å²) in [7, 11) is -3.78. The monoisotopic (exact) mass is 355 g/mol. The minimum absolute atomic E-state index is 0.0306. The van der Waals surface area contributed by atoms with Crippen LogP contribution in [0, 0.1) is 19.7 Å². The molecule has 2 rings (SSSR count). The number of nitrogens with one attached hydrogen (secondary N) is 2. The average Bonchev–Trinajstić information content (AvgIpc) is 2.83. The largest absolute Gasteiger partial charge is 0.444 e. The smallest absolute Gasteiger partial charge is 0.254 e. The van der Waals surface area contributed by atoms with Gasteiger partial charge in [-0.3, -0.25) is 4.79 Å². The van der Waals surface area contributed by atoms with E-state index in [1.807, 2.05) is 0 Å². The van der Waals surface area contributed by atoms with E-state index in [0.29, 0.717) is 11.5 Å².